The Labute approximate surface area is 181 Å². The summed E-state index contributed by atoms with van der Waals surface area (Å²) in [4.78, 5) is 17.1. The van der Waals surface area contributed by atoms with Crippen LogP contribution in [0.4, 0.5) is 5.69 Å². The third-order valence-corrected chi connectivity index (χ3v) is 4.93. The number of aromatic nitrogens is 3. The van der Waals surface area contributed by atoms with Crippen LogP contribution in [-0.2, 0) is 0 Å². The van der Waals surface area contributed by atoms with Gasteiger partial charge in [0.1, 0.15) is 0 Å². The van der Waals surface area contributed by atoms with Gasteiger partial charge in [0, 0.05) is 16.8 Å². The first-order valence-electron chi connectivity index (χ1n) is 10.2. The number of amides is 1. The van der Waals surface area contributed by atoms with E-state index in [0.29, 0.717) is 29.7 Å². The molecule has 0 radical (unpaired) electrons. The minimum absolute atomic E-state index is 0.146. The fourth-order valence-electron chi connectivity index (χ4n) is 3.26. The van der Waals surface area contributed by atoms with E-state index in [4.69, 9.17) is 4.74 Å². The Morgan fingerprint density at radius 2 is 1.68 bits per heavy atom. The Kier molecular flexibility index (Phi) is 5.80. The second kappa shape index (κ2) is 8.83. The fraction of sp³-hybridized carbons (Fsp3) is 0.160. The van der Waals surface area contributed by atoms with E-state index in [0.717, 1.165) is 22.4 Å². The van der Waals surface area contributed by atoms with E-state index < -0.39 is 0 Å². The molecule has 156 valence electrons. The third-order valence-electron chi connectivity index (χ3n) is 4.93. The number of ether oxygens (including phenoxy) is 1. The van der Waals surface area contributed by atoms with E-state index in [2.05, 4.69) is 15.4 Å². The van der Waals surface area contributed by atoms with Gasteiger partial charge in [-0.05, 0) is 62.7 Å². The summed E-state index contributed by atoms with van der Waals surface area (Å²) < 4.78 is 7.31. The molecule has 31 heavy (non-hydrogen) atoms. The molecule has 0 spiro atoms. The number of aryl methyl sites for hydroxylation is 2. The van der Waals surface area contributed by atoms with Crippen molar-refractivity contribution in [2.75, 3.05) is 11.9 Å². The normalized spacial score (nSPS) is 10.7. The van der Waals surface area contributed by atoms with Gasteiger partial charge in [0.05, 0.1) is 12.3 Å². The van der Waals surface area contributed by atoms with Gasteiger partial charge >= 0.3 is 6.01 Å². The molecular formula is C25H24N4O2. The van der Waals surface area contributed by atoms with Crippen molar-refractivity contribution in [1.29, 1.82) is 0 Å². The number of rotatable bonds is 6. The van der Waals surface area contributed by atoms with E-state index in [9.17, 15) is 4.79 Å². The summed E-state index contributed by atoms with van der Waals surface area (Å²) in [5.74, 6) is 0.561. The quantitative estimate of drug-likeness (QED) is 0.472. The molecule has 0 saturated heterocycles. The molecule has 0 aliphatic heterocycles. The van der Waals surface area contributed by atoms with Crippen LogP contribution in [0.5, 0.6) is 6.01 Å². The fourth-order valence-corrected chi connectivity index (χ4v) is 3.26. The molecule has 1 heterocycles. The summed E-state index contributed by atoms with van der Waals surface area (Å²) in [6.45, 7) is 6.42. The van der Waals surface area contributed by atoms with Crippen LogP contribution in [0.1, 0.15) is 28.4 Å². The Morgan fingerprint density at radius 3 is 2.35 bits per heavy atom. The highest BCUT2D eigenvalue weighted by Gasteiger charge is 2.16. The largest absolute Gasteiger partial charge is 0.463 e. The van der Waals surface area contributed by atoms with Crippen LogP contribution in [0.25, 0.3) is 17.1 Å². The number of hydrogen-bond acceptors (Lipinski definition) is 4. The second-order valence-corrected chi connectivity index (χ2v) is 7.24. The van der Waals surface area contributed by atoms with E-state index in [1.165, 1.54) is 0 Å². The van der Waals surface area contributed by atoms with Crippen LogP contribution in [0.15, 0.2) is 72.8 Å². The molecule has 3 aromatic carbocycles. The highest BCUT2D eigenvalue weighted by Crippen LogP contribution is 2.27. The van der Waals surface area contributed by atoms with Crippen LogP contribution in [0, 0.1) is 13.8 Å². The van der Waals surface area contributed by atoms with Crippen LogP contribution in [-0.4, -0.2) is 27.3 Å². The molecular weight excluding hydrogens is 388 g/mol. The molecule has 1 aromatic heterocycles. The Hall–Kier alpha value is -3.93. The molecule has 6 nitrogen and oxygen atoms in total. The van der Waals surface area contributed by atoms with Crippen LogP contribution in [0.2, 0.25) is 0 Å². The van der Waals surface area contributed by atoms with Crippen molar-refractivity contribution >= 4 is 11.6 Å². The van der Waals surface area contributed by atoms with Crippen molar-refractivity contribution in [3.05, 3.63) is 89.5 Å². The lowest BCUT2D eigenvalue weighted by molar-refractivity contribution is 0.102. The van der Waals surface area contributed by atoms with Gasteiger partial charge in [0.25, 0.3) is 5.91 Å². The standard InChI is InChI=1S/C25H24N4O2/c1-4-31-25-27-23(22-8-6-5-7-18(22)3)29(28-25)21-15-13-20(14-16-21)26-24(30)19-11-9-17(2)10-12-19/h5-16H,4H2,1-3H3,(H,26,30). The highest BCUT2D eigenvalue weighted by molar-refractivity contribution is 6.04. The van der Waals surface area contributed by atoms with E-state index in [-0.39, 0.29) is 5.91 Å². The van der Waals surface area contributed by atoms with Crippen molar-refractivity contribution in [2.45, 2.75) is 20.8 Å². The number of carbonyl (C=O) groups excluding carboxylic acids is 1. The Bertz CT molecular complexity index is 1200. The third kappa shape index (κ3) is 4.48. The second-order valence-electron chi connectivity index (χ2n) is 7.24. The number of hydrogen-bond donors (Lipinski definition) is 1. The number of nitrogens with one attached hydrogen (secondary N) is 1. The zero-order valence-electron chi connectivity index (χ0n) is 17.8. The van der Waals surface area contributed by atoms with E-state index >= 15 is 0 Å². The lowest BCUT2D eigenvalue weighted by Gasteiger charge is -2.10. The topological polar surface area (TPSA) is 69.0 Å². The van der Waals surface area contributed by atoms with Gasteiger partial charge in [-0.2, -0.15) is 4.98 Å². The van der Waals surface area contributed by atoms with Crippen molar-refractivity contribution in [3.8, 4) is 23.1 Å². The molecule has 1 amide bonds. The van der Waals surface area contributed by atoms with Crippen molar-refractivity contribution in [2.24, 2.45) is 0 Å². The molecule has 0 bridgehead atoms. The molecule has 0 unspecified atom stereocenters. The summed E-state index contributed by atoms with van der Waals surface area (Å²) in [5.41, 5.74) is 5.35. The van der Waals surface area contributed by atoms with Gasteiger partial charge in [-0.15, -0.1) is 5.10 Å². The molecule has 0 atom stereocenters. The van der Waals surface area contributed by atoms with Crippen molar-refractivity contribution in [3.63, 3.8) is 0 Å². The average Bonchev–Trinajstić information content (AvgIpc) is 3.19. The maximum absolute atomic E-state index is 12.5. The maximum Gasteiger partial charge on any atom is 0.336 e. The van der Waals surface area contributed by atoms with Gasteiger partial charge in [0.2, 0.25) is 0 Å². The molecule has 0 fully saturated rings. The maximum atomic E-state index is 12.5. The van der Waals surface area contributed by atoms with Crippen molar-refractivity contribution < 1.29 is 9.53 Å². The summed E-state index contributed by atoms with van der Waals surface area (Å²) in [5, 5.41) is 7.46. The van der Waals surface area contributed by atoms with Crippen LogP contribution in [0.3, 0.4) is 0 Å². The number of nitrogens with zero attached hydrogens (tertiary/aromatic N) is 3. The summed E-state index contributed by atoms with van der Waals surface area (Å²) in [6.07, 6.45) is 0. The van der Waals surface area contributed by atoms with Gasteiger partial charge in [-0.1, -0.05) is 42.0 Å². The number of benzene rings is 3. The average molecular weight is 412 g/mol. The minimum atomic E-state index is -0.146. The predicted molar refractivity (Wildman–Crippen MR) is 122 cm³/mol. The number of carbonyl (C=O) groups is 1. The zero-order chi connectivity index (χ0) is 21.8. The molecule has 0 aliphatic carbocycles. The number of anilines is 1. The van der Waals surface area contributed by atoms with E-state index in [1.807, 2.05) is 93.6 Å². The lowest BCUT2D eigenvalue weighted by atomic mass is 10.1. The molecule has 0 saturated carbocycles. The van der Waals surface area contributed by atoms with E-state index in [1.54, 1.807) is 4.68 Å². The smallest absolute Gasteiger partial charge is 0.336 e. The summed E-state index contributed by atoms with van der Waals surface area (Å²) in [6, 6.07) is 23.3. The monoisotopic (exact) mass is 412 g/mol. The molecule has 1 N–H and O–H groups in total. The zero-order valence-corrected chi connectivity index (χ0v) is 17.8. The highest BCUT2D eigenvalue weighted by atomic mass is 16.5. The molecule has 4 rings (SSSR count). The summed E-state index contributed by atoms with van der Waals surface area (Å²) >= 11 is 0. The Balaban J connectivity index is 1.62. The van der Waals surface area contributed by atoms with Crippen LogP contribution >= 0.6 is 0 Å². The van der Waals surface area contributed by atoms with Gasteiger partial charge in [0.15, 0.2) is 5.82 Å². The first-order valence-corrected chi connectivity index (χ1v) is 10.2. The molecule has 0 aliphatic rings. The molecule has 4 aromatic rings. The van der Waals surface area contributed by atoms with Crippen molar-refractivity contribution in [1.82, 2.24) is 14.8 Å². The SMILES string of the molecule is CCOc1nc(-c2ccccc2C)n(-c2ccc(NC(=O)c3ccc(C)cc3)cc2)n1. The lowest BCUT2D eigenvalue weighted by Crippen LogP contribution is -2.11. The Morgan fingerprint density at radius 1 is 0.968 bits per heavy atom. The van der Waals surface area contributed by atoms with Crippen LogP contribution < -0.4 is 10.1 Å². The summed E-state index contributed by atoms with van der Waals surface area (Å²) in [7, 11) is 0. The van der Waals surface area contributed by atoms with Gasteiger partial charge in [-0.25, -0.2) is 4.68 Å². The van der Waals surface area contributed by atoms with Gasteiger partial charge < -0.3 is 10.1 Å². The molecule has 6 heteroatoms. The first-order chi connectivity index (χ1) is 15.0. The first kappa shape index (κ1) is 20.3. The van der Waals surface area contributed by atoms with Gasteiger partial charge in [-0.3, -0.25) is 4.79 Å². The minimum Gasteiger partial charge on any atom is -0.463 e. The predicted octanol–water partition coefficient (Wildman–Crippen LogP) is 5.20.